The Bertz CT molecular complexity index is 622. The highest BCUT2D eigenvalue weighted by Crippen LogP contribution is 2.39. The first kappa shape index (κ1) is 20.3. The highest BCUT2D eigenvalue weighted by atomic mass is 19.4. The third kappa shape index (κ3) is 5.09. The maximum absolute atomic E-state index is 13.2. The number of hydrogen-bond acceptors (Lipinski definition) is 4. The number of rotatable bonds is 7. The number of benzene rings is 1. The van der Waals surface area contributed by atoms with Gasteiger partial charge in [0.15, 0.2) is 0 Å². The maximum Gasteiger partial charge on any atom is 0.416 e. The number of alkyl halides is 3. The van der Waals surface area contributed by atoms with Crippen LogP contribution in [0.15, 0.2) is 24.3 Å². The van der Waals surface area contributed by atoms with Crippen molar-refractivity contribution in [3.05, 3.63) is 35.4 Å². The average Bonchev–Trinajstić information content (AvgIpc) is 3.16. The third-order valence-corrected chi connectivity index (χ3v) is 5.70. The van der Waals surface area contributed by atoms with Crippen molar-refractivity contribution in [3.63, 3.8) is 0 Å². The topological polar surface area (TPSA) is 32.8 Å². The van der Waals surface area contributed by atoms with E-state index in [1.165, 1.54) is 25.0 Å². The van der Waals surface area contributed by atoms with Crippen molar-refractivity contribution in [2.24, 2.45) is 0 Å². The number of piperidine rings is 1. The van der Waals surface area contributed by atoms with Crippen molar-refractivity contribution in [3.8, 4) is 0 Å². The van der Waals surface area contributed by atoms with E-state index in [4.69, 9.17) is 4.74 Å². The van der Waals surface area contributed by atoms with Crippen LogP contribution in [0.4, 0.5) is 13.2 Å². The first-order valence-corrected chi connectivity index (χ1v) is 9.63. The Kier molecular flexibility index (Phi) is 6.55. The second-order valence-electron chi connectivity index (χ2n) is 7.44. The lowest BCUT2D eigenvalue weighted by molar-refractivity contribution is -0.138. The summed E-state index contributed by atoms with van der Waals surface area (Å²) >= 11 is 0. The largest absolute Gasteiger partial charge is 0.416 e. The summed E-state index contributed by atoms with van der Waals surface area (Å²) in [7, 11) is 0. The van der Waals surface area contributed by atoms with Gasteiger partial charge in [0.25, 0.3) is 0 Å². The van der Waals surface area contributed by atoms with E-state index in [0.717, 1.165) is 32.0 Å². The van der Waals surface area contributed by atoms with E-state index in [-0.39, 0.29) is 0 Å². The molecule has 0 N–H and O–H groups in total. The van der Waals surface area contributed by atoms with Crippen LogP contribution in [0.25, 0.3) is 0 Å². The molecule has 0 radical (unpaired) electrons. The molecular formula is C20H27F3N2O2. The monoisotopic (exact) mass is 384 g/mol. The zero-order valence-electron chi connectivity index (χ0n) is 15.5. The summed E-state index contributed by atoms with van der Waals surface area (Å²) < 4.78 is 45.8. The van der Waals surface area contributed by atoms with Gasteiger partial charge >= 0.3 is 6.18 Å². The fraction of sp³-hybridized carbons (Fsp3) is 0.650. The number of nitrogens with zero attached hydrogens (tertiary/aromatic N) is 2. The van der Waals surface area contributed by atoms with Crippen molar-refractivity contribution < 1.29 is 22.7 Å². The molecule has 150 valence electrons. The minimum Gasteiger partial charge on any atom is -0.369 e. The number of halogens is 3. The van der Waals surface area contributed by atoms with E-state index in [1.807, 2.05) is 4.90 Å². The summed E-state index contributed by atoms with van der Waals surface area (Å²) in [5.41, 5.74) is -0.775. The third-order valence-electron chi connectivity index (χ3n) is 5.70. The van der Waals surface area contributed by atoms with Crippen LogP contribution in [0.1, 0.15) is 36.8 Å². The lowest BCUT2D eigenvalue weighted by Gasteiger charge is -2.42. The Morgan fingerprint density at radius 3 is 2.41 bits per heavy atom. The number of aldehydes is 1. The summed E-state index contributed by atoms with van der Waals surface area (Å²) in [6.07, 6.45) is 0.0552. The molecule has 3 rings (SSSR count). The zero-order valence-corrected chi connectivity index (χ0v) is 15.5. The fourth-order valence-electron chi connectivity index (χ4n) is 4.07. The second-order valence-corrected chi connectivity index (χ2v) is 7.44. The van der Waals surface area contributed by atoms with Crippen molar-refractivity contribution in [2.75, 3.05) is 45.9 Å². The Morgan fingerprint density at radius 1 is 1.07 bits per heavy atom. The van der Waals surface area contributed by atoms with Gasteiger partial charge in [0.05, 0.1) is 24.3 Å². The summed E-state index contributed by atoms with van der Waals surface area (Å²) in [5, 5.41) is 0. The molecule has 0 amide bonds. The number of likely N-dealkylation sites (tertiary alicyclic amines) is 2. The van der Waals surface area contributed by atoms with E-state index < -0.39 is 17.3 Å². The van der Waals surface area contributed by atoms with E-state index in [0.29, 0.717) is 44.6 Å². The molecule has 0 spiro atoms. The molecule has 0 saturated carbocycles. The Balaban J connectivity index is 1.76. The number of ether oxygens (including phenoxy) is 1. The van der Waals surface area contributed by atoms with Gasteiger partial charge < -0.3 is 14.4 Å². The molecule has 0 unspecified atom stereocenters. The standard InChI is InChI=1S/C20H27F3N2O2/c21-20(22,23)18-5-3-4-17(16-18)19(6-10-25(11-7-19)12-14-26)27-15-13-24-8-1-2-9-24/h3-5,14,16H,1-2,6-13,15H2. The quantitative estimate of drug-likeness (QED) is 0.676. The van der Waals surface area contributed by atoms with Crippen LogP contribution in [0, 0.1) is 0 Å². The van der Waals surface area contributed by atoms with Gasteiger partial charge in [0.1, 0.15) is 6.29 Å². The normalized spacial score (nSPS) is 21.4. The van der Waals surface area contributed by atoms with E-state index in [2.05, 4.69) is 4.90 Å². The summed E-state index contributed by atoms with van der Waals surface area (Å²) in [4.78, 5) is 15.1. The molecule has 2 fully saturated rings. The zero-order chi connectivity index (χ0) is 19.3. The second kappa shape index (κ2) is 8.71. The number of carbonyl (C=O) groups is 1. The van der Waals surface area contributed by atoms with Crippen LogP contribution in [-0.4, -0.2) is 62.0 Å². The van der Waals surface area contributed by atoms with Crippen molar-refractivity contribution in [1.29, 1.82) is 0 Å². The Hall–Kier alpha value is -1.44. The van der Waals surface area contributed by atoms with Gasteiger partial charge in [0, 0.05) is 19.6 Å². The molecule has 0 atom stereocenters. The maximum atomic E-state index is 13.2. The first-order chi connectivity index (χ1) is 12.9. The first-order valence-electron chi connectivity index (χ1n) is 9.63. The van der Waals surface area contributed by atoms with Crippen molar-refractivity contribution in [2.45, 2.75) is 37.5 Å². The molecule has 1 aromatic rings. The van der Waals surface area contributed by atoms with Crippen LogP contribution < -0.4 is 0 Å². The summed E-state index contributed by atoms with van der Waals surface area (Å²) in [5.74, 6) is 0. The predicted octanol–water partition coefficient (Wildman–Crippen LogP) is 3.31. The fourth-order valence-corrected chi connectivity index (χ4v) is 4.07. The summed E-state index contributed by atoms with van der Waals surface area (Å²) in [6, 6.07) is 5.52. The molecule has 2 aliphatic rings. The van der Waals surface area contributed by atoms with Gasteiger partial charge in [-0.3, -0.25) is 4.90 Å². The van der Waals surface area contributed by atoms with Crippen LogP contribution in [0.5, 0.6) is 0 Å². The van der Waals surface area contributed by atoms with Crippen LogP contribution in [0.2, 0.25) is 0 Å². The lowest BCUT2D eigenvalue weighted by Crippen LogP contribution is -2.45. The predicted molar refractivity (Wildman–Crippen MR) is 96.5 cm³/mol. The van der Waals surface area contributed by atoms with Crippen LogP contribution in [0.3, 0.4) is 0 Å². The minimum atomic E-state index is -4.37. The van der Waals surface area contributed by atoms with Crippen LogP contribution in [-0.2, 0) is 21.3 Å². The van der Waals surface area contributed by atoms with Gasteiger partial charge in [-0.2, -0.15) is 13.2 Å². The minimum absolute atomic E-state index is 0.354. The van der Waals surface area contributed by atoms with Gasteiger partial charge in [-0.25, -0.2) is 0 Å². The van der Waals surface area contributed by atoms with Gasteiger partial charge in [-0.05, 0) is 56.5 Å². The molecule has 27 heavy (non-hydrogen) atoms. The molecule has 2 heterocycles. The molecule has 2 saturated heterocycles. The van der Waals surface area contributed by atoms with Crippen LogP contribution >= 0.6 is 0 Å². The molecule has 0 aromatic heterocycles. The van der Waals surface area contributed by atoms with E-state index >= 15 is 0 Å². The lowest BCUT2D eigenvalue weighted by atomic mass is 9.83. The molecule has 0 bridgehead atoms. The Labute approximate surface area is 158 Å². The molecule has 2 aliphatic heterocycles. The molecule has 4 nitrogen and oxygen atoms in total. The van der Waals surface area contributed by atoms with Crippen molar-refractivity contribution >= 4 is 6.29 Å². The average molecular weight is 384 g/mol. The number of carbonyl (C=O) groups excluding carboxylic acids is 1. The SMILES string of the molecule is O=CCN1CCC(OCCN2CCCC2)(c2cccc(C(F)(F)F)c2)CC1. The summed E-state index contributed by atoms with van der Waals surface area (Å²) in [6.45, 7) is 5.06. The smallest absolute Gasteiger partial charge is 0.369 e. The molecular weight excluding hydrogens is 357 g/mol. The van der Waals surface area contributed by atoms with Crippen molar-refractivity contribution in [1.82, 2.24) is 9.80 Å². The highest BCUT2D eigenvalue weighted by Gasteiger charge is 2.39. The molecule has 7 heteroatoms. The van der Waals surface area contributed by atoms with Gasteiger partial charge in [-0.1, -0.05) is 12.1 Å². The van der Waals surface area contributed by atoms with Gasteiger partial charge in [-0.15, -0.1) is 0 Å². The molecule has 0 aliphatic carbocycles. The highest BCUT2D eigenvalue weighted by molar-refractivity contribution is 5.52. The Morgan fingerprint density at radius 2 is 1.78 bits per heavy atom. The molecule has 1 aromatic carbocycles. The van der Waals surface area contributed by atoms with E-state index in [1.54, 1.807) is 6.07 Å². The number of hydrogen-bond donors (Lipinski definition) is 0. The van der Waals surface area contributed by atoms with Gasteiger partial charge in [0.2, 0.25) is 0 Å². The van der Waals surface area contributed by atoms with E-state index in [9.17, 15) is 18.0 Å².